The number of likely N-dealkylation sites (tertiary alicyclic amines) is 1. The molecule has 0 aromatic heterocycles. The molecule has 2 N–H and O–H groups in total. The van der Waals surface area contributed by atoms with Crippen molar-refractivity contribution in [1.82, 2.24) is 4.90 Å². The average Bonchev–Trinajstić information content (AvgIpc) is 3.32. The summed E-state index contributed by atoms with van der Waals surface area (Å²) in [5.74, 6) is -8.47. The number of imide groups is 2. The number of fused-ring (bicyclic) bond motifs is 4. The van der Waals surface area contributed by atoms with E-state index in [0.717, 1.165) is 21.9 Å². The molecule has 0 bridgehead atoms. The van der Waals surface area contributed by atoms with Gasteiger partial charge in [-0.05, 0) is 55.5 Å². The maximum Gasteiger partial charge on any atom is 0.303 e. The Kier molecular flexibility index (Phi) is 7.24. The number of hydrogen-bond donors (Lipinski definition) is 2. The van der Waals surface area contributed by atoms with E-state index in [2.05, 4.69) is 0 Å². The van der Waals surface area contributed by atoms with E-state index in [1.54, 1.807) is 12.1 Å². The number of benzene rings is 2. The lowest BCUT2D eigenvalue weighted by Crippen LogP contribution is -2.60. The summed E-state index contributed by atoms with van der Waals surface area (Å²) in [4.78, 5) is 64.3. The zero-order valence-electron chi connectivity index (χ0n) is 23.3. The Bertz CT molecular complexity index is 1650. The van der Waals surface area contributed by atoms with Crippen LogP contribution in [-0.4, -0.2) is 68.1 Å². The number of aliphatic carboxylic acids is 1. The molecule has 2 aliphatic carbocycles. The van der Waals surface area contributed by atoms with Crippen molar-refractivity contribution in [3.8, 4) is 11.5 Å². The number of amides is 4. The molecule has 2 aliphatic heterocycles. The smallest absolute Gasteiger partial charge is 0.303 e. The number of anilines is 1. The number of phenols is 1. The second kappa shape index (κ2) is 10.6. The van der Waals surface area contributed by atoms with Gasteiger partial charge in [0, 0.05) is 24.4 Å². The fourth-order valence-electron chi connectivity index (χ4n) is 7.36. The maximum absolute atomic E-state index is 14.3. The lowest BCUT2D eigenvalue weighted by Gasteiger charge is -2.50. The number of carboxylic acids is 1. The molecule has 2 aromatic carbocycles. The van der Waals surface area contributed by atoms with E-state index in [4.69, 9.17) is 33.0 Å². The molecular weight excluding hydrogens is 618 g/mol. The standard InChI is InChI=1S/C31H27Cl2FN2O8/c1-44-21-5-2-4-19(25(21)39)24-17-11-12-18-23(27(41)35(26(18)40)13-3-6-22(37)38)20(17)14-30(32)28(42)36(29(43)31(24,30)33)16-9-7-15(34)8-10-16/h2,4-5,7-11,18,20,23-24,39H,3,6,12-14H2,1H3,(H,37,38)/t18-,20+,23-,24+,30+,31-/m0/s1. The van der Waals surface area contributed by atoms with Gasteiger partial charge in [-0.25, -0.2) is 9.29 Å². The summed E-state index contributed by atoms with van der Waals surface area (Å²) in [6, 6.07) is 9.26. The van der Waals surface area contributed by atoms with Gasteiger partial charge in [0.25, 0.3) is 11.8 Å². The van der Waals surface area contributed by atoms with Crippen molar-refractivity contribution in [1.29, 1.82) is 0 Å². The molecule has 1 saturated carbocycles. The second-order valence-corrected chi connectivity index (χ2v) is 12.7. The fraction of sp³-hybridized carbons (Fsp3) is 0.387. The van der Waals surface area contributed by atoms with E-state index in [9.17, 15) is 33.5 Å². The van der Waals surface area contributed by atoms with Gasteiger partial charge in [0.2, 0.25) is 11.8 Å². The molecule has 2 aromatic rings. The van der Waals surface area contributed by atoms with Crippen LogP contribution in [0.25, 0.3) is 0 Å². The number of rotatable bonds is 7. The minimum atomic E-state index is -2.20. The van der Waals surface area contributed by atoms with Crippen molar-refractivity contribution in [2.45, 2.75) is 41.3 Å². The Morgan fingerprint density at radius 1 is 1.05 bits per heavy atom. The van der Waals surface area contributed by atoms with E-state index in [1.807, 2.05) is 0 Å². The third-order valence-corrected chi connectivity index (χ3v) is 10.7. The molecule has 2 saturated heterocycles. The number of alkyl halides is 2. The molecule has 4 aliphatic rings. The molecule has 0 radical (unpaired) electrons. The first kappa shape index (κ1) is 30.1. The van der Waals surface area contributed by atoms with E-state index >= 15 is 0 Å². The van der Waals surface area contributed by atoms with Gasteiger partial charge in [-0.15, -0.1) is 23.2 Å². The summed E-state index contributed by atoms with van der Waals surface area (Å²) in [5, 5.41) is 20.3. The molecular formula is C31H27Cl2FN2O8. The predicted molar refractivity (Wildman–Crippen MR) is 155 cm³/mol. The Balaban J connectivity index is 1.51. The molecule has 6 atom stereocenters. The maximum atomic E-state index is 14.3. The Morgan fingerprint density at radius 2 is 1.75 bits per heavy atom. The van der Waals surface area contributed by atoms with Crippen molar-refractivity contribution in [2.24, 2.45) is 17.8 Å². The summed E-state index contributed by atoms with van der Waals surface area (Å²) in [7, 11) is 1.34. The first-order valence-electron chi connectivity index (χ1n) is 14.0. The number of ether oxygens (including phenoxy) is 1. The van der Waals surface area contributed by atoms with Gasteiger partial charge in [0.15, 0.2) is 21.2 Å². The number of carboxylic acid groups (broad SMARTS) is 1. The highest BCUT2D eigenvalue weighted by molar-refractivity contribution is 6.58. The van der Waals surface area contributed by atoms with E-state index in [0.29, 0.717) is 5.57 Å². The molecule has 44 heavy (non-hydrogen) atoms. The van der Waals surface area contributed by atoms with Crippen LogP contribution in [0.5, 0.6) is 11.5 Å². The summed E-state index contributed by atoms with van der Waals surface area (Å²) < 4.78 is 19.1. The monoisotopic (exact) mass is 644 g/mol. The predicted octanol–water partition coefficient (Wildman–Crippen LogP) is 3.97. The summed E-state index contributed by atoms with van der Waals surface area (Å²) in [6.07, 6.45) is 1.40. The van der Waals surface area contributed by atoms with Crippen molar-refractivity contribution < 1.29 is 43.3 Å². The number of halogens is 3. The summed E-state index contributed by atoms with van der Waals surface area (Å²) in [5.41, 5.74) is 0.642. The number of phenolic OH excluding ortho intramolecular Hbond substituents is 1. The minimum absolute atomic E-state index is 0.0380. The zero-order valence-corrected chi connectivity index (χ0v) is 24.8. The molecule has 3 fully saturated rings. The number of allylic oxidation sites excluding steroid dienone is 2. The van der Waals surface area contributed by atoms with E-state index < -0.39 is 68.8 Å². The molecule has 0 unspecified atom stereocenters. The van der Waals surface area contributed by atoms with Crippen molar-refractivity contribution >= 4 is 58.5 Å². The Hall–Kier alpha value is -3.96. The van der Waals surface area contributed by atoms with E-state index in [1.165, 1.54) is 31.4 Å². The van der Waals surface area contributed by atoms with Gasteiger partial charge in [-0.3, -0.25) is 28.9 Å². The van der Waals surface area contributed by atoms with Crippen molar-refractivity contribution in [3.63, 3.8) is 0 Å². The van der Waals surface area contributed by atoms with Gasteiger partial charge in [0.05, 0.1) is 24.6 Å². The summed E-state index contributed by atoms with van der Waals surface area (Å²) in [6.45, 7) is -0.0830. The molecule has 10 nitrogen and oxygen atoms in total. The quantitative estimate of drug-likeness (QED) is 0.262. The zero-order chi connectivity index (χ0) is 31.7. The van der Waals surface area contributed by atoms with Crippen LogP contribution in [0.2, 0.25) is 0 Å². The van der Waals surface area contributed by atoms with Crippen LogP contribution in [0.15, 0.2) is 54.1 Å². The second-order valence-electron chi connectivity index (χ2n) is 11.5. The first-order chi connectivity index (χ1) is 20.9. The van der Waals surface area contributed by atoms with Crippen LogP contribution in [0, 0.1) is 23.6 Å². The fourth-order valence-corrected chi connectivity index (χ4v) is 8.28. The number of carbonyl (C=O) groups is 5. The SMILES string of the molecule is COc1cccc([C@H]2C3=CC[C@@H]4C(=O)N(CCCC(=O)O)C(=O)[C@@H]4[C@@H]3C[C@@]3(Cl)C(=O)N(c4ccc(F)cc4)C(=O)[C@@]23Cl)c1O. The minimum Gasteiger partial charge on any atom is -0.504 e. The molecule has 0 spiro atoms. The highest BCUT2D eigenvalue weighted by Crippen LogP contribution is 2.66. The number of aromatic hydroxyl groups is 1. The number of nitrogens with zero attached hydrogens (tertiary/aromatic N) is 2. The molecule has 2 heterocycles. The molecule has 13 heteroatoms. The van der Waals surface area contributed by atoms with Crippen molar-refractivity contribution in [3.05, 3.63) is 65.5 Å². The van der Waals surface area contributed by atoms with Gasteiger partial charge in [-0.1, -0.05) is 23.8 Å². The average molecular weight is 645 g/mol. The summed E-state index contributed by atoms with van der Waals surface area (Å²) >= 11 is 14.6. The largest absolute Gasteiger partial charge is 0.504 e. The first-order valence-corrected chi connectivity index (χ1v) is 14.8. The Labute approximate surface area is 261 Å². The normalized spacial score (nSPS) is 31.0. The van der Waals surface area contributed by atoms with Crippen LogP contribution in [0.3, 0.4) is 0 Å². The van der Waals surface area contributed by atoms with Crippen LogP contribution in [0.4, 0.5) is 10.1 Å². The third kappa shape index (κ3) is 4.08. The van der Waals surface area contributed by atoms with Gasteiger partial charge < -0.3 is 14.9 Å². The molecule has 6 rings (SSSR count). The molecule has 4 amide bonds. The number of carbonyl (C=O) groups excluding carboxylic acids is 4. The van der Waals surface area contributed by atoms with Crippen LogP contribution in [0.1, 0.15) is 37.2 Å². The highest BCUT2D eigenvalue weighted by Gasteiger charge is 2.77. The highest BCUT2D eigenvalue weighted by atomic mass is 35.5. The topological polar surface area (TPSA) is 142 Å². The van der Waals surface area contributed by atoms with Crippen LogP contribution in [-0.2, 0) is 24.0 Å². The van der Waals surface area contributed by atoms with Crippen molar-refractivity contribution in [2.75, 3.05) is 18.6 Å². The third-order valence-electron chi connectivity index (χ3n) is 9.32. The van der Waals surface area contributed by atoms with E-state index in [-0.39, 0.29) is 55.0 Å². The lowest BCUT2D eigenvalue weighted by atomic mass is 9.56. The number of para-hydroxylation sites is 1. The van der Waals surface area contributed by atoms with Crippen LogP contribution >= 0.6 is 23.2 Å². The van der Waals surface area contributed by atoms with Gasteiger partial charge >= 0.3 is 5.97 Å². The van der Waals surface area contributed by atoms with Gasteiger partial charge in [0.1, 0.15) is 5.82 Å². The molecule has 230 valence electrons. The van der Waals surface area contributed by atoms with Gasteiger partial charge in [-0.2, -0.15) is 0 Å². The Morgan fingerprint density at radius 3 is 2.41 bits per heavy atom. The number of methoxy groups -OCH3 is 1. The number of hydrogen-bond acceptors (Lipinski definition) is 7. The van der Waals surface area contributed by atoms with Crippen LogP contribution < -0.4 is 9.64 Å². The lowest BCUT2D eigenvalue weighted by molar-refractivity contribution is -0.142.